The Morgan fingerprint density at radius 2 is 2.20 bits per heavy atom. The van der Waals surface area contributed by atoms with Crippen molar-refractivity contribution in [1.29, 1.82) is 5.26 Å². The molecule has 0 aromatic heterocycles. The Morgan fingerprint density at radius 1 is 1.40 bits per heavy atom. The predicted octanol–water partition coefficient (Wildman–Crippen LogP) is 1.54. The van der Waals surface area contributed by atoms with Gasteiger partial charge in [0, 0.05) is 6.07 Å². The Bertz CT molecular complexity index is 465. The van der Waals surface area contributed by atoms with Crippen molar-refractivity contribution in [1.82, 2.24) is 5.23 Å². The average molecular weight is 204 g/mol. The highest BCUT2D eigenvalue weighted by atomic mass is 19.1. The summed E-state index contributed by atoms with van der Waals surface area (Å²) in [6.45, 7) is 0.0228. The van der Waals surface area contributed by atoms with Gasteiger partial charge in [0.2, 0.25) is 0 Å². The van der Waals surface area contributed by atoms with Crippen molar-refractivity contribution in [3.05, 3.63) is 41.5 Å². The van der Waals surface area contributed by atoms with E-state index < -0.39 is 18.5 Å². The van der Waals surface area contributed by atoms with Crippen LogP contribution < -0.4 is 5.23 Å². The Kier molecular flexibility index (Phi) is 2.52. The minimum Gasteiger partial charge on any atom is -0.492 e. The van der Waals surface area contributed by atoms with Crippen molar-refractivity contribution < 1.29 is 8.78 Å². The number of benzene rings is 1. The zero-order valence-corrected chi connectivity index (χ0v) is 7.80. The molecule has 0 atom stereocenters. The molecule has 1 N–H and O–H groups in total. The van der Waals surface area contributed by atoms with Gasteiger partial charge < -0.3 is 5.23 Å². The fourth-order valence-corrected chi connectivity index (χ4v) is 1.62. The number of nitrogens with zero attached hydrogens (tertiary/aromatic N) is 1. The van der Waals surface area contributed by atoms with Crippen LogP contribution in [0.5, 0.6) is 0 Å². The molecule has 0 saturated carbocycles. The van der Waals surface area contributed by atoms with Crippen LogP contribution in [0.25, 0.3) is 5.47 Å². The van der Waals surface area contributed by atoms with Gasteiger partial charge in [-0.05, 0) is 18.2 Å². The van der Waals surface area contributed by atoms with Gasteiger partial charge in [-0.3, -0.25) is 5.26 Å². The molecule has 0 bridgehead atoms. The van der Waals surface area contributed by atoms with E-state index in [9.17, 15) is 8.78 Å². The second kappa shape index (κ2) is 3.83. The number of hydrogen-bond donors (Lipinski definition) is 1. The summed E-state index contributed by atoms with van der Waals surface area (Å²) in [6.07, 6.45) is 1.74. The molecule has 0 amide bonds. The van der Waals surface area contributed by atoms with Gasteiger partial charge in [0.25, 0.3) is 0 Å². The molecule has 0 saturated heterocycles. The van der Waals surface area contributed by atoms with E-state index >= 15 is 0 Å². The quantitative estimate of drug-likeness (QED) is 0.704. The largest absolute Gasteiger partial charge is 0.492 e. The van der Waals surface area contributed by atoms with E-state index in [2.05, 4.69) is 5.23 Å². The fraction of sp³-hybridized carbons (Fsp3) is 0.100. The lowest BCUT2D eigenvalue weighted by Crippen LogP contribution is -2.28. The maximum absolute atomic E-state index is 13.4. The number of hydrogen-bond acceptors (Lipinski definition) is 2. The van der Waals surface area contributed by atoms with E-state index in [1.165, 1.54) is 12.1 Å². The summed E-state index contributed by atoms with van der Waals surface area (Å²) in [7, 11) is 0. The van der Waals surface area contributed by atoms with Gasteiger partial charge in [-0.1, -0.05) is 6.07 Å². The minimum absolute atomic E-state index is 0.285. The van der Waals surface area contributed by atoms with Gasteiger partial charge in [-0.25, -0.2) is 14.3 Å². The molecule has 1 radical (unpaired) electrons. The third-order valence-corrected chi connectivity index (χ3v) is 2.33. The molecule has 75 valence electrons. The molecule has 2 rings (SSSR count). The first-order valence-corrected chi connectivity index (χ1v) is 4.51. The first kappa shape index (κ1) is 9.87. The maximum Gasteiger partial charge on any atom is 0.130 e. The molecule has 1 aliphatic heterocycles. The second-order valence-corrected chi connectivity index (χ2v) is 3.25. The number of halogens is 2. The van der Waals surface area contributed by atoms with Crippen molar-refractivity contribution in [3.63, 3.8) is 0 Å². The highest BCUT2D eigenvalue weighted by Gasteiger charge is 2.13. The maximum atomic E-state index is 13.4. The summed E-state index contributed by atoms with van der Waals surface area (Å²) in [5.74, 6) is 0.766. The third kappa shape index (κ3) is 1.76. The topological polar surface area (TPSA) is 35.8 Å². The Labute approximate surface area is 86.3 Å². The SMILES string of the molecule is N#C[B-]1NCC=C1c1ccc(F)cc1F. The fourth-order valence-electron chi connectivity index (χ4n) is 1.62. The van der Waals surface area contributed by atoms with E-state index in [0.29, 0.717) is 12.0 Å². The molecule has 0 unspecified atom stereocenters. The van der Waals surface area contributed by atoms with E-state index in [0.717, 1.165) is 6.07 Å². The molecule has 5 heteroatoms. The summed E-state index contributed by atoms with van der Waals surface area (Å²) in [5.41, 5.74) is 0.864. The molecule has 1 heterocycles. The Balaban J connectivity index is 2.42. The molecule has 15 heavy (non-hydrogen) atoms. The summed E-state index contributed by atoms with van der Waals surface area (Å²) < 4.78 is 26.1. The van der Waals surface area contributed by atoms with Crippen LogP contribution >= 0.6 is 0 Å². The second-order valence-electron chi connectivity index (χ2n) is 3.25. The predicted molar refractivity (Wildman–Crippen MR) is 53.7 cm³/mol. The van der Waals surface area contributed by atoms with Crippen LogP contribution in [0.2, 0.25) is 0 Å². The van der Waals surface area contributed by atoms with Crippen molar-refractivity contribution in [2.24, 2.45) is 0 Å². The van der Waals surface area contributed by atoms with E-state index in [1.807, 2.05) is 5.97 Å². The highest BCUT2D eigenvalue weighted by molar-refractivity contribution is 6.84. The van der Waals surface area contributed by atoms with Gasteiger partial charge in [-0.2, -0.15) is 5.97 Å². The first-order chi connectivity index (χ1) is 7.22. The van der Waals surface area contributed by atoms with Crippen molar-refractivity contribution in [2.45, 2.75) is 0 Å². The van der Waals surface area contributed by atoms with Crippen LogP contribution in [0.4, 0.5) is 8.78 Å². The molecule has 0 aliphatic carbocycles. The van der Waals surface area contributed by atoms with Crippen LogP contribution in [0.1, 0.15) is 5.56 Å². The lowest BCUT2D eigenvalue weighted by molar-refractivity contribution is 0.581. The molecule has 2 nitrogen and oxygen atoms in total. The normalized spacial score (nSPS) is 16.2. The first-order valence-electron chi connectivity index (χ1n) is 4.51. The summed E-state index contributed by atoms with van der Waals surface area (Å²) >= 11 is 0. The van der Waals surface area contributed by atoms with Crippen LogP contribution in [-0.4, -0.2) is 13.4 Å². The van der Waals surface area contributed by atoms with Crippen LogP contribution in [0, 0.1) is 22.9 Å². The van der Waals surface area contributed by atoms with E-state index in [-0.39, 0.29) is 5.56 Å². The number of nitriles is 1. The molecule has 0 fully saturated rings. The monoisotopic (exact) mass is 204 g/mol. The lowest BCUT2D eigenvalue weighted by Gasteiger charge is -2.18. The summed E-state index contributed by atoms with van der Waals surface area (Å²) in [4.78, 5) is 0. The van der Waals surface area contributed by atoms with Gasteiger partial charge in [0.05, 0.1) is 6.85 Å². The van der Waals surface area contributed by atoms with E-state index in [1.54, 1.807) is 6.08 Å². The number of rotatable bonds is 1. The lowest BCUT2D eigenvalue weighted by atomic mass is 9.57. The zero-order chi connectivity index (χ0) is 10.8. The van der Waals surface area contributed by atoms with Crippen LogP contribution in [0.3, 0.4) is 0 Å². The van der Waals surface area contributed by atoms with Crippen molar-refractivity contribution >= 4 is 12.3 Å². The van der Waals surface area contributed by atoms with Crippen LogP contribution in [0.15, 0.2) is 24.3 Å². The van der Waals surface area contributed by atoms with Crippen molar-refractivity contribution in [2.75, 3.05) is 6.54 Å². The molecule has 0 spiro atoms. The smallest absolute Gasteiger partial charge is 0.130 e. The van der Waals surface area contributed by atoms with Gasteiger partial charge >= 0.3 is 0 Å². The molecular formula is C10H7BF2N2-. The zero-order valence-electron chi connectivity index (χ0n) is 7.80. The van der Waals surface area contributed by atoms with Crippen molar-refractivity contribution in [3.8, 4) is 5.97 Å². The van der Waals surface area contributed by atoms with E-state index in [4.69, 9.17) is 5.26 Å². The number of nitrogens with one attached hydrogen (secondary N) is 1. The third-order valence-electron chi connectivity index (χ3n) is 2.33. The summed E-state index contributed by atoms with van der Waals surface area (Å²) in [6, 6.07) is 3.36. The molecule has 1 aromatic carbocycles. The minimum atomic E-state index is -0.634. The molecule has 1 aliphatic rings. The van der Waals surface area contributed by atoms with Gasteiger partial charge in [0.15, 0.2) is 0 Å². The summed E-state index contributed by atoms with van der Waals surface area (Å²) in [5, 5.41) is 11.7. The van der Waals surface area contributed by atoms with Crippen LogP contribution in [-0.2, 0) is 0 Å². The van der Waals surface area contributed by atoms with Gasteiger partial charge in [-0.15, -0.1) is 6.08 Å². The standard InChI is InChI=1S/C10H7BF2N2/c12-7-1-2-8(10(13)5-7)9-3-4-15-11(9)6-14/h1-3,5,15H,4H2/q-1. The average Bonchev–Trinajstić information content (AvgIpc) is 2.65. The molecule has 1 aromatic rings. The Morgan fingerprint density at radius 3 is 2.87 bits per heavy atom. The van der Waals surface area contributed by atoms with Gasteiger partial charge in [0.1, 0.15) is 11.6 Å². The molecular weight excluding hydrogens is 197 g/mol. The highest BCUT2D eigenvalue weighted by Crippen LogP contribution is 2.22. The Hall–Kier alpha value is -1.67.